The molecule has 0 fully saturated rings. The van der Waals surface area contributed by atoms with Crippen LogP contribution in [0.4, 0.5) is 0 Å². The van der Waals surface area contributed by atoms with E-state index < -0.39 is 0 Å². The Morgan fingerprint density at radius 1 is 0.621 bits per heavy atom. The molecule has 29 heavy (non-hydrogen) atoms. The summed E-state index contributed by atoms with van der Waals surface area (Å²) in [5.41, 5.74) is 1.57. The summed E-state index contributed by atoms with van der Waals surface area (Å²) in [5, 5.41) is 2.27. The number of hydrogen-bond acceptors (Lipinski definition) is 2. The summed E-state index contributed by atoms with van der Waals surface area (Å²) in [5.74, 6) is 0. The van der Waals surface area contributed by atoms with Crippen LogP contribution in [0.1, 0.15) is 120 Å². The Balaban J connectivity index is 1.38. The van der Waals surface area contributed by atoms with Gasteiger partial charge in [0.05, 0.1) is 0 Å². The van der Waals surface area contributed by atoms with Crippen LogP contribution in [0.2, 0.25) is 0 Å². The highest BCUT2D eigenvalue weighted by molar-refractivity contribution is 7.21. The smallest absolute Gasteiger partial charge is 0.0474 e. The Kier molecular flexibility index (Phi) is 13.7. The van der Waals surface area contributed by atoms with Crippen LogP contribution in [0.25, 0.3) is 9.75 Å². The molecule has 0 amide bonds. The summed E-state index contributed by atoms with van der Waals surface area (Å²) < 4.78 is 0. The zero-order valence-corrected chi connectivity index (χ0v) is 20.8. The van der Waals surface area contributed by atoms with Crippen molar-refractivity contribution in [2.75, 3.05) is 0 Å². The van der Waals surface area contributed by atoms with E-state index in [0.29, 0.717) is 0 Å². The van der Waals surface area contributed by atoms with Crippen molar-refractivity contribution in [1.29, 1.82) is 0 Å². The third kappa shape index (κ3) is 10.8. The maximum atomic E-state index is 2.35. The SMILES string of the molecule is CCCCCCCCCCCCCCCCCCc1ccsc1-c1ccc(C)s1. The van der Waals surface area contributed by atoms with Gasteiger partial charge < -0.3 is 0 Å². The van der Waals surface area contributed by atoms with Gasteiger partial charge >= 0.3 is 0 Å². The lowest BCUT2D eigenvalue weighted by molar-refractivity contribution is 0.529. The Bertz CT molecular complexity index is 622. The van der Waals surface area contributed by atoms with Gasteiger partial charge in [-0.25, -0.2) is 0 Å². The molecule has 0 unspecified atom stereocenters. The molecule has 0 spiro atoms. The fourth-order valence-electron chi connectivity index (χ4n) is 4.17. The molecule has 2 aromatic heterocycles. The van der Waals surface area contributed by atoms with Crippen molar-refractivity contribution in [3.8, 4) is 9.75 Å². The number of thiophene rings is 2. The van der Waals surface area contributed by atoms with Crippen molar-refractivity contribution >= 4 is 22.7 Å². The predicted molar refractivity (Wildman–Crippen MR) is 136 cm³/mol. The number of aryl methyl sites for hydroxylation is 2. The van der Waals surface area contributed by atoms with Crippen LogP contribution in [0.15, 0.2) is 23.6 Å². The lowest BCUT2D eigenvalue weighted by Gasteiger charge is -2.04. The standard InChI is InChI=1S/C27H44S2/c1-3-4-5-6-7-8-9-10-11-12-13-14-15-16-17-18-19-25-22-23-28-27(25)26-21-20-24(2)29-26/h20-23H,3-19H2,1-2H3. The normalized spacial score (nSPS) is 11.4. The predicted octanol–water partition coefficient (Wildman–Crippen LogP) is 10.6. The Labute approximate surface area is 189 Å². The van der Waals surface area contributed by atoms with Crippen LogP contribution in [-0.2, 0) is 6.42 Å². The molecule has 0 saturated carbocycles. The molecule has 0 aliphatic carbocycles. The van der Waals surface area contributed by atoms with E-state index in [9.17, 15) is 0 Å². The molecule has 0 aliphatic heterocycles. The van der Waals surface area contributed by atoms with Crippen LogP contribution in [-0.4, -0.2) is 0 Å². The highest BCUT2D eigenvalue weighted by atomic mass is 32.1. The van der Waals surface area contributed by atoms with Gasteiger partial charge in [-0.2, -0.15) is 0 Å². The van der Waals surface area contributed by atoms with E-state index in [-0.39, 0.29) is 0 Å². The average Bonchev–Trinajstić information content (AvgIpc) is 3.36. The molecule has 0 radical (unpaired) electrons. The van der Waals surface area contributed by atoms with Crippen molar-refractivity contribution in [3.05, 3.63) is 34.0 Å². The van der Waals surface area contributed by atoms with E-state index in [2.05, 4.69) is 37.4 Å². The lowest BCUT2D eigenvalue weighted by Crippen LogP contribution is -1.86. The first kappa shape index (κ1) is 24.7. The minimum Gasteiger partial charge on any atom is -0.143 e. The molecular weight excluding hydrogens is 388 g/mol. The lowest BCUT2D eigenvalue weighted by atomic mass is 10.0. The maximum absolute atomic E-state index is 2.35. The van der Waals surface area contributed by atoms with Crippen molar-refractivity contribution in [2.45, 2.75) is 123 Å². The molecular formula is C27H44S2. The number of rotatable bonds is 18. The molecule has 2 heteroatoms. The third-order valence-electron chi connectivity index (χ3n) is 6.01. The molecule has 0 N–H and O–H groups in total. The van der Waals surface area contributed by atoms with E-state index in [4.69, 9.17) is 0 Å². The van der Waals surface area contributed by atoms with Gasteiger partial charge in [0.25, 0.3) is 0 Å². The fraction of sp³-hybridized carbons (Fsp3) is 0.704. The van der Waals surface area contributed by atoms with Gasteiger partial charge in [-0.05, 0) is 48.9 Å². The topological polar surface area (TPSA) is 0 Å². The van der Waals surface area contributed by atoms with E-state index in [1.807, 2.05) is 22.7 Å². The summed E-state index contributed by atoms with van der Waals surface area (Å²) in [6.07, 6.45) is 24.3. The van der Waals surface area contributed by atoms with Crippen LogP contribution in [0, 0.1) is 6.92 Å². The summed E-state index contributed by atoms with van der Waals surface area (Å²) in [4.78, 5) is 4.40. The zero-order chi connectivity index (χ0) is 20.6. The van der Waals surface area contributed by atoms with Crippen LogP contribution >= 0.6 is 22.7 Å². The van der Waals surface area contributed by atoms with Crippen molar-refractivity contribution < 1.29 is 0 Å². The highest BCUT2D eigenvalue weighted by Crippen LogP contribution is 2.35. The number of unbranched alkanes of at least 4 members (excludes halogenated alkanes) is 15. The van der Waals surface area contributed by atoms with E-state index in [1.54, 1.807) is 5.56 Å². The fourth-order valence-corrected chi connectivity index (χ4v) is 6.16. The average molecular weight is 433 g/mol. The van der Waals surface area contributed by atoms with E-state index >= 15 is 0 Å². The van der Waals surface area contributed by atoms with Gasteiger partial charge in [-0.1, -0.05) is 103 Å². The largest absolute Gasteiger partial charge is 0.143 e. The first-order chi connectivity index (χ1) is 14.3. The van der Waals surface area contributed by atoms with Gasteiger partial charge in [0.15, 0.2) is 0 Å². The summed E-state index contributed by atoms with van der Waals surface area (Å²) >= 11 is 3.85. The minimum atomic E-state index is 1.26. The first-order valence-corrected chi connectivity index (χ1v) is 14.1. The monoisotopic (exact) mass is 432 g/mol. The quantitative estimate of drug-likeness (QED) is 0.205. The van der Waals surface area contributed by atoms with Crippen molar-refractivity contribution in [1.82, 2.24) is 0 Å². The molecule has 2 heterocycles. The second kappa shape index (κ2) is 16.1. The third-order valence-corrected chi connectivity index (χ3v) is 8.15. The molecule has 0 aromatic carbocycles. The maximum Gasteiger partial charge on any atom is 0.0474 e. The molecule has 0 bridgehead atoms. The molecule has 0 atom stereocenters. The van der Waals surface area contributed by atoms with Crippen LogP contribution in [0.3, 0.4) is 0 Å². The highest BCUT2D eigenvalue weighted by Gasteiger charge is 2.08. The van der Waals surface area contributed by atoms with Gasteiger partial charge in [0.1, 0.15) is 0 Å². The molecule has 0 aliphatic rings. The Morgan fingerprint density at radius 2 is 1.14 bits per heavy atom. The molecule has 2 rings (SSSR count). The molecule has 2 aromatic rings. The Hall–Kier alpha value is -0.600. The summed E-state index contributed by atoms with van der Waals surface area (Å²) in [6.45, 7) is 4.50. The van der Waals surface area contributed by atoms with Gasteiger partial charge in [-0.3, -0.25) is 0 Å². The van der Waals surface area contributed by atoms with Crippen LogP contribution in [0.5, 0.6) is 0 Å². The second-order valence-corrected chi connectivity index (χ2v) is 10.9. The van der Waals surface area contributed by atoms with Gasteiger partial charge in [-0.15, -0.1) is 22.7 Å². The van der Waals surface area contributed by atoms with E-state index in [1.165, 1.54) is 124 Å². The van der Waals surface area contributed by atoms with Gasteiger partial charge in [0.2, 0.25) is 0 Å². The van der Waals surface area contributed by atoms with Crippen molar-refractivity contribution in [2.24, 2.45) is 0 Å². The zero-order valence-electron chi connectivity index (χ0n) is 19.1. The minimum absolute atomic E-state index is 1.26. The van der Waals surface area contributed by atoms with Gasteiger partial charge in [0, 0.05) is 14.6 Å². The van der Waals surface area contributed by atoms with Crippen LogP contribution < -0.4 is 0 Å². The summed E-state index contributed by atoms with van der Waals surface area (Å²) in [7, 11) is 0. The Morgan fingerprint density at radius 3 is 1.62 bits per heavy atom. The number of hydrogen-bond donors (Lipinski definition) is 0. The first-order valence-electron chi connectivity index (χ1n) is 12.4. The summed E-state index contributed by atoms with van der Waals surface area (Å²) in [6, 6.07) is 6.89. The molecule has 164 valence electrons. The van der Waals surface area contributed by atoms with E-state index in [0.717, 1.165) is 0 Å². The molecule has 0 nitrogen and oxygen atoms in total. The van der Waals surface area contributed by atoms with Crippen molar-refractivity contribution in [3.63, 3.8) is 0 Å². The molecule has 0 saturated heterocycles. The second-order valence-electron chi connectivity index (χ2n) is 8.74.